The summed E-state index contributed by atoms with van der Waals surface area (Å²) in [6, 6.07) is 9.29. The molecule has 0 radical (unpaired) electrons. The first-order chi connectivity index (χ1) is 9.19. The third-order valence-electron chi connectivity index (χ3n) is 3.34. The van der Waals surface area contributed by atoms with Gasteiger partial charge in [0.2, 0.25) is 0 Å². The van der Waals surface area contributed by atoms with Gasteiger partial charge < -0.3 is 5.32 Å². The molecule has 1 aromatic carbocycles. The van der Waals surface area contributed by atoms with E-state index in [0.717, 1.165) is 25.1 Å². The molecule has 1 unspecified atom stereocenters. The van der Waals surface area contributed by atoms with Crippen LogP contribution in [0.25, 0.3) is 0 Å². The molecule has 1 atom stereocenters. The van der Waals surface area contributed by atoms with Gasteiger partial charge in [0, 0.05) is 30.1 Å². The van der Waals surface area contributed by atoms with E-state index in [2.05, 4.69) is 53.8 Å². The Bertz CT molecular complexity index is 502. The molecule has 1 N–H and O–H groups in total. The van der Waals surface area contributed by atoms with Crippen LogP contribution in [0, 0.1) is 6.92 Å². The van der Waals surface area contributed by atoms with E-state index in [-0.39, 0.29) is 0 Å². The molecule has 2 rings (SSSR count). The maximum absolute atomic E-state index is 4.48. The normalized spacial score (nSPS) is 12.6. The zero-order valence-electron chi connectivity index (χ0n) is 11.9. The van der Waals surface area contributed by atoms with Crippen LogP contribution in [0.2, 0.25) is 0 Å². The Kier molecular flexibility index (Phi) is 5.11. The molecule has 2 aromatic rings. The summed E-state index contributed by atoms with van der Waals surface area (Å²) in [6.45, 7) is 7.43. The van der Waals surface area contributed by atoms with Crippen LogP contribution in [0.4, 0.5) is 0 Å². The molecule has 0 aliphatic heterocycles. The SMILES string of the molecule is CCc1ccc(C(C)NCCc2nc(C)cs2)cc1. The molecule has 19 heavy (non-hydrogen) atoms. The lowest BCUT2D eigenvalue weighted by atomic mass is 10.1. The van der Waals surface area contributed by atoms with Gasteiger partial charge >= 0.3 is 0 Å². The topological polar surface area (TPSA) is 24.9 Å². The summed E-state index contributed by atoms with van der Waals surface area (Å²) in [4.78, 5) is 4.48. The first-order valence-electron chi connectivity index (χ1n) is 6.92. The average Bonchev–Trinajstić information content (AvgIpc) is 2.84. The smallest absolute Gasteiger partial charge is 0.0940 e. The molecule has 1 heterocycles. The number of hydrogen-bond donors (Lipinski definition) is 1. The monoisotopic (exact) mass is 274 g/mol. The van der Waals surface area contributed by atoms with Gasteiger partial charge in [-0.1, -0.05) is 31.2 Å². The van der Waals surface area contributed by atoms with Crippen LogP contribution in [0.3, 0.4) is 0 Å². The predicted molar refractivity (Wildman–Crippen MR) is 82.8 cm³/mol. The molecule has 3 heteroatoms. The first-order valence-corrected chi connectivity index (χ1v) is 7.80. The predicted octanol–water partition coefficient (Wildman–Crippen LogP) is 3.91. The van der Waals surface area contributed by atoms with Crippen molar-refractivity contribution in [3.05, 3.63) is 51.5 Å². The van der Waals surface area contributed by atoms with Gasteiger partial charge in [-0.3, -0.25) is 0 Å². The van der Waals surface area contributed by atoms with Gasteiger partial charge in [0.1, 0.15) is 0 Å². The van der Waals surface area contributed by atoms with Gasteiger partial charge in [-0.15, -0.1) is 11.3 Å². The fourth-order valence-electron chi connectivity index (χ4n) is 2.07. The van der Waals surface area contributed by atoms with Crippen molar-refractivity contribution in [2.45, 2.75) is 39.7 Å². The van der Waals surface area contributed by atoms with Crippen LogP contribution < -0.4 is 5.32 Å². The lowest BCUT2D eigenvalue weighted by Crippen LogP contribution is -2.21. The molecular weight excluding hydrogens is 252 g/mol. The first kappa shape index (κ1) is 14.2. The lowest BCUT2D eigenvalue weighted by molar-refractivity contribution is 0.576. The van der Waals surface area contributed by atoms with Crippen molar-refractivity contribution in [3.8, 4) is 0 Å². The highest BCUT2D eigenvalue weighted by molar-refractivity contribution is 7.09. The van der Waals surface area contributed by atoms with Crippen molar-refractivity contribution >= 4 is 11.3 Å². The summed E-state index contributed by atoms with van der Waals surface area (Å²) >= 11 is 1.75. The maximum Gasteiger partial charge on any atom is 0.0940 e. The third-order valence-corrected chi connectivity index (χ3v) is 4.37. The molecule has 0 bridgehead atoms. The maximum atomic E-state index is 4.48. The van der Waals surface area contributed by atoms with E-state index in [1.807, 2.05) is 6.92 Å². The van der Waals surface area contributed by atoms with Gasteiger partial charge in [-0.2, -0.15) is 0 Å². The van der Waals surface area contributed by atoms with E-state index in [4.69, 9.17) is 0 Å². The number of thiazole rings is 1. The van der Waals surface area contributed by atoms with Crippen molar-refractivity contribution < 1.29 is 0 Å². The minimum absolute atomic E-state index is 0.395. The van der Waals surface area contributed by atoms with Gasteiger partial charge in [-0.05, 0) is 31.4 Å². The molecule has 0 saturated carbocycles. The Hall–Kier alpha value is -1.19. The van der Waals surface area contributed by atoms with Crippen molar-refractivity contribution in [1.29, 1.82) is 0 Å². The second kappa shape index (κ2) is 6.83. The minimum Gasteiger partial charge on any atom is -0.310 e. The zero-order valence-corrected chi connectivity index (χ0v) is 12.8. The molecular formula is C16H22N2S. The van der Waals surface area contributed by atoms with Crippen LogP contribution >= 0.6 is 11.3 Å². The largest absolute Gasteiger partial charge is 0.310 e. The molecule has 102 valence electrons. The molecule has 0 amide bonds. The van der Waals surface area contributed by atoms with Crippen LogP contribution in [-0.4, -0.2) is 11.5 Å². The second-order valence-corrected chi connectivity index (χ2v) is 5.85. The van der Waals surface area contributed by atoms with Gasteiger partial charge in [-0.25, -0.2) is 4.98 Å². The number of benzene rings is 1. The standard InChI is InChI=1S/C16H22N2S/c1-4-14-5-7-15(8-6-14)13(3)17-10-9-16-18-12(2)11-19-16/h5-8,11,13,17H,4,9-10H2,1-3H3. The lowest BCUT2D eigenvalue weighted by Gasteiger charge is -2.14. The summed E-state index contributed by atoms with van der Waals surface area (Å²) in [7, 11) is 0. The fourth-order valence-corrected chi connectivity index (χ4v) is 2.85. The van der Waals surface area contributed by atoms with Crippen LogP contribution in [0.5, 0.6) is 0 Å². The van der Waals surface area contributed by atoms with Crippen molar-refractivity contribution in [2.24, 2.45) is 0 Å². The Morgan fingerprint density at radius 1 is 1.26 bits per heavy atom. The Balaban J connectivity index is 1.81. The number of nitrogens with one attached hydrogen (secondary N) is 1. The molecule has 1 aromatic heterocycles. The quantitative estimate of drug-likeness (QED) is 0.864. The molecule has 0 spiro atoms. The summed E-state index contributed by atoms with van der Waals surface area (Å²) < 4.78 is 0. The van der Waals surface area contributed by atoms with E-state index in [0.29, 0.717) is 6.04 Å². The summed E-state index contributed by atoms with van der Waals surface area (Å²) in [5.74, 6) is 0. The van der Waals surface area contributed by atoms with E-state index >= 15 is 0 Å². The Morgan fingerprint density at radius 3 is 2.58 bits per heavy atom. The minimum atomic E-state index is 0.395. The van der Waals surface area contributed by atoms with Gasteiger partial charge in [0.25, 0.3) is 0 Å². The van der Waals surface area contributed by atoms with Crippen LogP contribution in [0.15, 0.2) is 29.6 Å². The summed E-state index contributed by atoms with van der Waals surface area (Å²) in [5, 5.41) is 6.89. The number of hydrogen-bond acceptors (Lipinski definition) is 3. The van der Waals surface area contributed by atoms with Crippen molar-refractivity contribution in [2.75, 3.05) is 6.54 Å². The summed E-state index contributed by atoms with van der Waals surface area (Å²) in [5.41, 5.74) is 3.88. The van der Waals surface area contributed by atoms with Gasteiger partial charge in [0.15, 0.2) is 0 Å². The van der Waals surface area contributed by atoms with Crippen LogP contribution in [0.1, 0.15) is 41.7 Å². The van der Waals surface area contributed by atoms with E-state index in [1.165, 1.54) is 16.1 Å². The number of aryl methyl sites for hydroxylation is 2. The highest BCUT2D eigenvalue weighted by atomic mass is 32.1. The zero-order chi connectivity index (χ0) is 13.7. The van der Waals surface area contributed by atoms with Crippen molar-refractivity contribution in [3.63, 3.8) is 0 Å². The highest BCUT2D eigenvalue weighted by Gasteiger charge is 2.05. The van der Waals surface area contributed by atoms with E-state index < -0.39 is 0 Å². The number of rotatable bonds is 6. The van der Waals surface area contributed by atoms with E-state index in [9.17, 15) is 0 Å². The highest BCUT2D eigenvalue weighted by Crippen LogP contribution is 2.14. The Labute approximate surface area is 119 Å². The van der Waals surface area contributed by atoms with Crippen LogP contribution in [-0.2, 0) is 12.8 Å². The van der Waals surface area contributed by atoms with Gasteiger partial charge in [0.05, 0.1) is 5.01 Å². The fraction of sp³-hybridized carbons (Fsp3) is 0.438. The van der Waals surface area contributed by atoms with Crippen molar-refractivity contribution in [1.82, 2.24) is 10.3 Å². The average molecular weight is 274 g/mol. The number of aromatic nitrogens is 1. The molecule has 2 nitrogen and oxygen atoms in total. The number of nitrogens with zero attached hydrogens (tertiary/aromatic N) is 1. The molecule has 0 fully saturated rings. The summed E-state index contributed by atoms with van der Waals surface area (Å²) in [6.07, 6.45) is 2.11. The third kappa shape index (κ3) is 4.15. The Morgan fingerprint density at radius 2 is 2.00 bits per heavy atom. The molecule has 0 aliphatic carbocycles. The van der Waals surface area contributed by atoms with E-state index in [1.54, 1.807) is 11.3 Å². The second-order valence-electron chi connectivity index (χ2n) is 4.90. The molecule has 0 aliphatic rings. The molecule has 0 saturated heterocycles.